The molecule has 0 unspecified atom stereocenters. The lowest BCUT2D eigenvalue weighted by molar-refractivity contribution is 0.0858. The van der Waals surface area contributed by atoms with Crippen LogP contribution in [0.15, 0.2) is 10.8 Å². The van der Waals surface area contributed by atoms with Crippen molar-refractivity contribution >= 4 is 30.7 Å². The van der Waals surface area contributed by atoms with Crippen LogP contribution in [0.1, 0.15) is 36.0 Å². The summed E-state index contributed by atoms with van der Waals surface area (Å²) in [5.74, 6) is 0.152. The summed E-state index contributed by atoms with van der Waals surface area (Å²) in [5.41, 5.74) is 0.497. The zero-order valence-electron chi connectivity index (χ0n) is 10.5. The van der Waals surface area contributed by atoms with Crippen molar-refractivity contribution in [3.8, 4) is 0 Å². The number of halogens is 2. The maximum atomic E-state index is 11.9. The van der Waals surface area contributed by atoms with Crippen molar-refractivity contribution in [1.29, 1.82) is 0 Å². The fourth-order valence-electron chi connectivity index (χ4n) is 1.95. The van der Waals surface area contributed by atoms with Crippen LogP contribution in [0.25, 0.3) is 0 Å². The smallest absolute Gasteiger partial charge is 0.289 e. The third-order valence-corrected chi connectivity index (χ3v) is 3.07. The molecule has 0 atom stereocenters. The Balaban J connectivity index is 0.00000144. The molecule has 0 aromatic carbocycles. The van der Waals surface area contributed by atoms with E-state index in [2.05, 4.69) is 22.5 Å². The van der Waals surface area contributed by atoms with Crippen LogP contribution in [0, 0.1) is 6.92 Å². The van der Waals surface area contributed by atoms with E-state index in [0.717, 1.165) is 25.9 Å². The Bertz CT molecular complexity index is 389. The SMILES string of the molecule is Cc1ncoc1C(=O)NC1(C)CCNCC1.Cl.Cl. The third-order valence-electron chi connectivity index (χ3n) is 3.07. The minimum atomic E-state index is -0.167. The monoisotopic (exact) mass is 295 g/mol. The molecular formula is C11H19Cl2N3O2. The van der Waals surface area contributed by atoms with Crippen molar-refractivity contribution in [1.82, 2.24) is 15.6 Å². The summed E-state index contributed by atoms with van der Waals surface area (Å²) in [7, 11) is 0. The number of rotatable bonds is 2. The third kappa shape index (κ3) is 3.86. The van der Waals surface area contributed by atoms with E-state index >= 15 is 0 Å². The number of carbonyl (C=O) groups is 1. The lowest BCUT2D eigenvalue weighted by Crippen LogP contribution is -2.52. The molecule has 2 heterocycles. The van der Waals surface area contributed by atoms with Crippen LogP contribution >= 0.6 is 24.8 Å². The molecule has 0 saturated carbocycles. The number of nitrogens with zero attached hydrogens (tertiary/aromatic N) is 1. The van der Waals surface area contributed by atoms with Gasteiger partial charge in [0.05, 0.1) is 5.69 Å². The predicted molar refractivity (Wildman–Crippen MR) is 73.7 cm³/mol. The minimum absolute atomic E-state index is 0. The van der Waals surface area contributed by atoms with E-state index < -0.39 is 0 Å². The number of aromatic nitrogens is 1. The van der Waals surface area contributed by atoms with Gasteiger partial charge in [0.25, 0.3) is 5.91 Å². The molecule has 1 amide bonds. The fourth-order valence-corrected chi connectivity index (χ4v) is 1.95. The molecule has 5 nitrogen and oxygen atoms in total. The average molecular weight is 296 g/mol. The van der Waals surface area contributed by atoms with Gasteiger partial charge in [-0.2, -0.15) is 0 Å². The molecule has 1 aromatic rings. The number of piperidine rings is 1. The number of hydrogen-bond donors (Lipinski definition) is 2. The van der Waals surface area contributed by atoms with Gasteiger partial charge in [-0.05, 0) is 39.8 Å². The topological polar surface area (TPSA) is 67.2 Å². The van der Waals surface area contributed by atoms with Gasteiger partial charge in [0.1, 0.15) is 0 Å². The van der Waals surface area contributed by atoms with Crippen molar-refractivity contribution in [2.45, 2.75) is 32.2 Å². The van der Waals surface area contributed by atoms with Crippen molar-refractivity contribution in [3.05, 3.63) is 17.8 Å². The van der Waals surface area contributed by atoms with Gasteiger partial charge in [-0.1, -0.05) is 0 Å². The Morgan fingerprint density at radius 1 is 1.44 bits per heavy atom. The number of hydrogen-bond acceptors (Lipinski definition) is 4. The van der Waals surface area contributed by atoms with E-state index in [1.54, 1.807) is 6.92 Å². The molecular weight excluding hydrogens is 277 g/mol. The molecule has 104 valence electrons. The van der Waals surface area contributed by atoms with Crippen molar-refractivity contribution < 1.29 is 9.21 Å². The summed E-state index contributed by atoms with van der Waals surface area (Å²) in [6.07, 6.45) is 3.17. The van der Waals surface area contributed by atoms with Gasteiger partial charge >= 0.3 is 0 Å². The number of oxazole rings is 1. The van der Waals surface area contributed by atoms with Crippen LogP contribution in [-0.4, -0.2) is 29.5 Å². The van der Waals surface area contributed by atoms with Gasteiger partial charge in [-0.3, -0.25) is 4.79 Å². The molecule has 0 spiro atoms. The van der Waals surface area contributed by atoms with E-state index in [1.807, 2.05) is 0 Å². The molecule has 1 fully saturated rings. The molecule has 18 heavy (non-hydrogen) atoms. The number of nitrogens with one attached hydrogen (secondary N) is 2. The molecule has 1 aliphatic rings. The standard InChI is InChI=1S/C11H17N3O2.2ClH/c1-8-9(16-7-13-8)10(15)14-11(2)3-5-12-6-4-11;;/h7,12H,3-6H2,1-2H3,(H,14,15);2*1H. The summed E-state index contributed by atoms with van der Waals surface area (Å²) < 4.78 is 5.07. The maximum Gasteiger partial charge on any atom is 0.289 e. The molecule has 2 N–H and O–H groups in total. The Morgan fingerprint density at radius 2 is 2.06 bits per heavy atom. The molecule has 0 radical (unpaired) electrons. The van der Waals surface area contributed by atoms with Crippen LogP contribution in [0.2, 0.25) is 0 Å². The minimum Gasteiger partial charge on any atom is -0.438 e. The number of carbonyl (C=O) groups excluding carboxylic acids is 1. The first kappa shape index (κ1) is 17.2. The Morgan fingerprint density at radius 3 is 2.56 bits per heavy atom. The second-order valence-electron chi connectivity index (χ2n) is 4.53. The molecule has 1 saturated heterocycles. The van der Waals surface area contributed by atoms with Gasteiger partial charge in [0.2, 0.25) is 5.76 Å². The second kappa shape index (κ2) is 6.97. The largest absolute Gasteiger partial charge is 0.438 e. The second-order valence-corrected chi connectivity index (χ2v) is 4.53. The molecule has 1 aromatic heterocycles. The molecule has 7 heteroatoms. The van der Waals surface area contributed by atoms with Crippen LogP contribution in [-0.2, 0) is 0 Å². The first-order valence-electron chi connectivity index (χ1n) is 5.54. The van der Waals surface area contributed by atoms with Gasteiger partial charge in [-0.15, -0.1) is 24.8 Å². The van der Waals surface area contributed by atoms with E-state index in [-0.39, 0.29) is 36.3 Å². The highest BCUT2D eigenvalue weighted by molar-refractivity contribution is 5.92. The lowest BCUT2D eigenvalue weighted by Gasteiger charge is -2.34. The van der Waals surface area contributed by atoms with Crippen LogP contribution in [0.5, 0.6) is 0 Å². The van der Waals surface area contributed by atoms with Crippen LogP contribution in [0.4, 0.5) is 0 Å². The zero-order chi connectivity index (χ0) is 11.6. The highest BCUT2D eigenvalue weighted by Gasteiger charge is 2.30. The summed E-state index contributed by atoms with van der Waals surface area (Å²) in [6, 6.07) is 0. The quantitative estimate of drug-likeness (QED) is 0.871. The Hall–Kier alpha value is -0.780. The van der Waals surface area contributed by atoms with Crippen LogP contribution < -0.4 is 10.6 Å². The van der Waals surface area contributed by atoms with Crippen molar-refractivity contribution in [2.24, 2.45) is 0 Å². The van der Waals surface area contributed by atoms with E-state index in [0.29, 0.717) is 11.5 Å². The normalized spacial score (nSPS) is 17.2. The van der Waals surface area contributed by atoms with Crippen molar-refractivity contribution in [2.75, 3.05) is 13.1 Å². The first-order valence-corrected chi connectivity index (χ1v) is 5.54. The summed E-state index contributed by atoms with van der Waals surface area (Å²) >= 11 is 0. The lowest BCUT2D eigenvalue weighted by atomic mass is 9.90. The van der Waals surface area contributed by atoms with Gasteiger partial charge < -0.3 is 15.1 Å². The zero-order valence-corrected chi connectivity index (χ0v) is 12.1. The first-order chi connectivity index (χ1) is 7.61. The van der Waals surface area contributed by atoms with Crippen molar-refractivity contribution in [3.63, 3.8) is 0 Å². The van der Waals surface area contributed by atoms with E-state index in [9.17, 15) is 4.79 Å². The van der Waals surface area contributed by atoms with E-state index in [1.165, 1.54) is 6.39 Å². The van der Waals surface area contributed by atoms with Gasteiger partial charge in [0, 0.05) is 5.54 Å². The molecule has 0 aliphatic carbocycles. The van der Waals surface area contributed by atoms with E-state index in [4.69, 9.17) is 4.42 Å². The molecule has 0 bridgehead atoms. The maximum absolute atomic E-state index is 11.9. The van der Waals surface area contributed by atoms with Gasteiger partial charge in [0.15, 0.2) is 6.39 Å². The predicted octanol–water partition coefficient (Wildman–Crippen LogP) is 1.70. The highest BCUT2D eigenvalue weighted by Crippen LogP contribution is 2.18. The molecule has 1 aliphatic heterocycles. The summed E-state index contributed by atoms with van der Waals surface area (Å²) in [4.78, 5) is 15.8. The highest BCUT2D eigenvalue weighted by atomic mass is 35.5. The number of aryl methyl sites for hydroxylation is 1. The van der Waals surface area contributed by atoms with Crippen LogP contribution in [0.3, 0.4) is 0 Å². The summed E-state index contributed by atoms with van der Waals surface area (Å²) in [6.45, 7) is 5.71. The Kier molecular flexibility index (Phi) is 6.67. The molecule has 2 rings (SSSR count). The summed E-state index contributed by atoms with van der Waals surface area (Å²) in [5, 5.41) is 6.30. The number of amides is 1. The average Bonchev–Trinajstić information content (AvgIpc) is 2.65. The Labute approximate surface area is 119 Å². The van der Waals surface area contributed by atoms with Gasteiger partial charge in [-0.25, -0.2) is 4.98 Å². The fraction of sp³-hybridized carbons (Fsp3) is 0.636.